The summed E-state index contributed by atoms with van der Waals surface area (Å²) in [6, 6.07) is 12.0. The number of hydrogen-bond acceptors (Lipinski definition) is 4. The maximum atomic E-state index is 10.5. The summed E-state index contributed by atoms with van der Waals surface area (Å²) in [6.07, 6.45) is 0. The highest BCUT2D eigenvalue weighted by atomic mass is 16.5. The predicted molar refractivity (Wildman–Crippen MR) is 119 cm³/mol. The molecule has 2 heterocycles. The lowest BCUT2D eigenvalue weighted by atomic mass is 9.77. The minimum Gasteiger partial charge on any atom is -0.507 e. The summed E-state index contributed by atoms with van der Waals surface area (Å²) < 4.78 is 10.9. The number of aromatic hydroxyl groups is 2. The lowest BCUT2D eigenvalue weighted by Crippen LogP contribution is -3.12. The first-order valence-electron chi connectivity index (χ1n) is 11.4. The Labute approximate surface area is 185 Å². The van der Waals surface area contributed by atoms with Crippen LogP contribution in [0.5, 0.6) is 11.5 Å². The third-order valence-corrected chi connectivity index (χ3v) is 6.88. The molecule has 0 aromatic heterocycles. The molecular weight excluding hydrogens is 392 g/mol. The third kappa shape index (κ3) is 5.21. The van der Waals surface area contributed by atoms with Gasteiger partial charge < -0.3 is 29.5 Å². The second-order valence-corrected chi connectivity index (χ2v) is 9.39. The van der Waals surface area contributed by atoms with Crippen LogP contribution in [-0.4, -0.2) is 62.8 Å². The summed E-state index contributed by atoms with van der Waals surface area (Å²) in [5.41, 5.74) is 4.07. The Bertz CT molecular complexity index is 816. The fourth-order valence-electron chi connectivity index (χ4n) is 4.61. The molecule has 0 spiro atoms. The maximum absolute atomic E-state index is 10.5. The molecule has 0 saturated carbocycles. The maximum Gasteiger partial charge on any atom is 0.124 e. The van der Waals surface area contributed by atoms with E-state index in [1.54, 1.807) is 0 Å². The van der Waals surface area contributed by atoms with Gasteiger partial charge >= 0.3 is 0 Å². The average Bonchev–Trinajstić information content (AvgIpc) is 2.78. The number of rotatable bonds is 6. The van der Waals surface area contributed by atoms with Gasteiger partial charge in [-0.2, -0.15) is 0 Å². The van der Waals surface area contributed by atoms with Crippen LogP contribution in [0.15, 0.2) is 36.4 Å². The van der Waals surface area contributed by atoms with E-state index >= 15 is 0 Å². The second kappa shape index (κ2) is 9.57. The minimum absolute atomic E-state index is 0.244. The Hall–Kier alpha value is -2.12. The van der Waals surface area contributed by atoms with E-state index in [4.69, 9.17) is 9.47 Å². The zero-order valence-corrected chi connectivity index (χ0v) is 18.7. The monoisotopic (exact) mass is 428 g/mol. The molecule has 0 amide bonds. The van der Waals surface area contributed by atoms with Crippen molar-refractivity contribution < 1.29 is 29.5 Å². The zero-order valence-electron chi connectivity index (χ0n) is 18.7. The smallest absolute Gasteiger partial charge is 0.124 e. The van der Waals surface area contributed by atoms with Gasteiger partial charge in [-0.15, -0.1) is 0 Å². The van der Waals surface area contributed by atoms with E-state index < -0.39 is 0 Å². The van der Waals surface area contributed by atoms with Crippen molar-refractivity contribution in [2.24, 2.45) is 0 Å². The molecule has 31 heavy (non-hydrogen) atoms. The van der Waals surface area contributed by atoms with E-state index in [1.807, 2.05) is 24.3 Å². The summed E-state index contributed by atoms with van der Waals surface area (Å²) >= 11 is 0. The predicted octanol–water partition coefficient (Wildman–Crippen LogP) is 0.254. The first-order chi connectivity index (χ1) is 14.9. The number of morpholine rings is 2. The summed E-state index contributed by atoms with van der Waals surface area (Å²) in [5, 5.41) is 20.9. The average molecular weight is 429 g/mol. The van der Waals surface area contributed by atoms with Crippen LogP contribution in [0.1, 0.15) is 36.1 Å². The van der Waals surface area contributed by atoms with Gasteiger partial charge in [-0.1, -0.05) is 26.0 Å². The molecule has 0 radical (unpaired) electrons. The molecule has 4 N–H and O–H groups in total. The Morgan fingerprint density at radius 3 is 1.48 bits per heavy atom. The van der Waals surface area contributed by atoms with Crippen LogP contribution in [0.3, 0.4) is 0 Å². The standard InChI is InChI=1S/C25H34N2O4/c1-25(2,21-3-5-23(28)19(15-21)17-26-7-11-30-12-8-26)22-4-6-24(29)20(16-22)18-27-9-13-31-14-10-27/h3-6,15-16,28-29H,7-14,17-18H2,1-2H3/p+2. The molecule has 0 atom stereocenters. The van der Waals surface area contributed by atoms with Crippen LogP contribution < -0.4 is 9.80 Å². The summed E-state index contributed by atoms with van der Waals surface area (Å²) in [5.74, 6) is 0.724. The molecule has 0 bridgehead atoms. The molecule has 0 unspecified atom stereocenters. The van der Waals surface area contributed by atoms with Crippen molar-refractivity contribution in [2.45, 2.75) is 32.4 Å². The van der Waals surface area contributed by atoms with E-state index in [1.165, 1.54) is 20.9 Å². The highest BCUT2D eigenvalue weighted by Crippen LogP contribution is 2.35. The molecule has 2 aromatic carbocycles. The van der Waals surface area contributed by atoms with E-state index in [0.717, 1.165) is 76.8 Å². The molecule has 4 rings (SSSR count). The van der Waals surface area contributed by atoms with Gasteiger partial charge in [0.1, 0.15) is 50.8 Å². The summed E-state index contributed by atoms with van der Waals surface area (Å²) in [7, 11) is 0. The number of quaternary nitrogens is 2. The molecule has 6 heteroatoms. The largest absolute Gasteiger partial charge is 0.507 e. The van der Waals surface area contributed by atoms with Crippen molar-refractivity contribution >= 4 is 0 Å². The van der Waals surface area contributed by atoms with Gasteiger partial charge in [-0.25, -0.2) is 0 Å². The third-order valence-electron chi connectivity index (χ3n) is 6.88. The van der Waals surface area contributed by atoms with Crippen molar-refractivity contribution in [2.75, 3.05) is 52.6 Å². The highest BCUT2D eigenvalue weighted by molar-refractivity contribution is 5.46. The van der Waals surface area contributed by atoms with Gasteiger partial charge in [0, 0.05) is 16.5 Å². The van der Waals surface area contributed by atoms with Crippen LogP contribution in [0.2, 0.25) is 0 Å². The Balaban J connectivity index is 1.57. The SMILES string of the molecule is CC(C)(c1ccc(O)c(C[NH+]2CCOCC2)c1)c1ccc(O)c(C[NH+]2CCOCC2)c1. The number of phenolic OH excluding ortho intramolecular Hbond substituents is 2. The zero-order chi connectivity index (χ0) is 21.8. The normalized spacial score (nSPS) is 18.9. The van der Waals surface area contributed by atoms with Crippen molar-refractivity contribution in [3.8, 4) is 11.5 Å². The molecule has 168 valence electrons. The molecule has 6 nitrogen and oxygen atoms in total. The number of phenols is 2. The molecular formula is C25H36N2O4+2. The quantitative estimate of drug-likeness (QED) is 0.533. The summed E-state index contributed by atoms with van der Waals surface area (Å²) in [6.45, 7) is 13.0. The van der Waals surface area contributed by atoms with E-state index in [9.17, 15) is 10.2 Å². The summed E-state index contributed by atoms with van der Waals surface area (Å²) in [4.78, 5) is 2.88. The van der Waals surface area contributed by atoms with Crippen molar-refractivity contribution in [1.82, 2.24) is 0 Å². The van der Waals surface area contributed by atoms with Crippen LogP contribution in [0.25, 0.3) is 0 Å². The molecule has 2 aliphatic heterocycles. The molecule has 0 aliphatic carbocycles. The van der Waals surface area contributed by atoms with Crippen LogP contribution in [0, 0.1) is 0 Å². The Kier molecular flexibility index (Phi) is 6.82. The van der Waals surface area contributed by atoms with Gasteiger partial charge in [-0.3, -0.25) is 0 Å². The van der Waals surface area contributed by atoms with E-state index in [2.05, 4.69) is 26.0 Å². The van der Waals surface area contributed by atoms with Crippen LogP contribution in [0.4, 0.5) is 0 Å². The van der Waals surface area contributed by atoms with Crippen molar-refractivity contribution in [3.05, 3.63) is 58.7 Å². The van der Waals surface area contributed by atoms with Gasteiger partial charge in [0.05, 0.1) is 26.4 Å². The van der Waals surface area contributed by atoms with Crippen LogP contribution >= 0.6 is 0 Å². The first-order valence-corrected chi connectivity index (χ1v) is 11.4. The van der Waals surface area contributed by atoms with Gasteiger partial charge in [0.2, 0.25) is 0 Å². The van der Waals surface area contributed by atoms with Crippen molar-refractivity contribution in [3.63, 3.8) is 0 Å². The molecule has 2 aromatic rings. The highest BCUT2D eigenvalue weighted by Gasteiger charge is 2.27. The fraction of sp³-hybridized carbons (Fsp3) is 0.520. The number of benzene rings is 2. The van der Waals surface area contributed by atoms with Gasteiger partial charge in [-0.05, 0) is 35.4 Å². The lowest BCUT2D eigenvalue weighted by Gasteiger charge is -2.29. The second-order valence-electron chi connectivity index (χ2n) is 9.39. The first kappa shape index (κ1) is 22.1. The van der Waals surface area contributed by atoms with Gasteiger partial charge in [0.25, 0.3) is 0 Å². The fourth-order valence-corrected chi connectivity index (χ4v) is 4.61. The molecule has 2 fully saturated rings. The lowest BCUT2D eigenvalue weighted by molar-refractivity contribution is -0.921. The number of nitrogens with one attached hydrogen (secondary N) is 2. The topological polar surface area (TPSA) is 67.8 Å². The van der Waals surface area contributed by atoms with Crippen molar-refractivity contribution in [1.29, 1.82) is 0 Å². The molecule has 2 saturated heterocycles. The number of hydrogen-bond donors (Lipinski definition) is 4. The molecule has 2 aliphatic rings. The Morgan fingerprint density at radius 2 is 1.10 bits per heavy atom. The van der Waals surface area contributed by atoms with Gasteiger partial charge in [0.15, 0.2) is 0 Å². The number of ether oxygens (including phenoxy) is 2. The van der Waals surface area contributed by atoms with Crippen LogP contribution in [-0.2, 0) is 28.0 Å². The minimum atomic E-state index is -0.244. The van der Waals surface area contributed by atoms with E-state index in [0.29, 0.717) is 11.5 Å². The van der Waals surface area contributed by atoms with E-state index in [-0.39, 0.29) is 5.41 Å². The Morgan fingerprint density at radius 1 is 0.710 bits per heavy atom.